The van der Waals surface area contributed by atoms with Gasteiger partial charge < -0.3 is 5.11 Å². The predicted molar refractivity (Wildman–Crippen MR) is 79.0 cm³/mol. The van der Waals surface area contributed by atoms with E-state index in [1.807, 2.05) is 12.1 Å². The zero-order valence-electron chi connectivity index (χ0n) is 11.8. The van der Waals surface area contributed by atoms with E-state index in [4.69, 9.17) is 0 Å². The van der Waals surface area contributed by atoms with Gasteiger partial charge in [-0.1, -0.05) is 12.1 Å². The van der Waals surface area contributed by atoms with E-state index >= 15 is 0 Å². The molecule has 1 atom stereocenters. The van der Waals surface area contributed by atoms with Gasteiger partial charge in [0, 0.05) is 31.5 Å². The minimum Gasteiger partial charge on any atom is -0.387 e. The Bertz CT molecular complexity index is 569. The number of aliphatic hydroxyl groups is 1. The molecule has 0 spiro atoms. The van der Waals surface area contributed by atoms with Crippen LogP contribution in [-0.2, 0) is 6.54 Å². The smallest absolute Gasteiger partial charge is 0.123 e. The van der Waals surface area contributed by atoms with Crippen molar-refractivity contribution in [3.63, 3.8) is 0 Å². The molecular weight excluding hydrogens is 267 g/mol. The van der Waals surface area contributed by atoms with Crippen LogP contribution in [0.25, 0.3) is 0 Å². The van der Waals surface area contributed by atoms with E-state index in [-0.39, 0.29) is 5.82 Å². The molecule has 3 rings (SSSR count). The van der Waals surface area contributed by atoms with Gasteiger partial charge in [-0.15, -0.1) is 0 Å². The fourth-order valence-electron chi connectivity index (χ4n) is 2.52. The zero-order chi connectivity index (χ0) is 14.7. The molecule has 110 valence electrons. The minimum atomic E-state index is -0.590. The summed E-state index contributed by atoms with van der Waals surface area (Å²) in [5.41, 5.74) is 1.96. The number of benzene rings is 1. The van der Waals surface area contributed by atoms with Crippen LogP contribution in [0, 0.1) is 5.82 Å². The Morgan fingerprint density at radius 2 is 1.81 bits per heavy atom. The minimum absolute atomic E-state index is 0.276. The lowest BCUT2D eigenvalue weighted by Crippen LogP contribution is -2.30. The van der Waals surface area contributed by atoms with E-state index in [0.29, 0.717) is 12.6 Å². The SMILES string of the molecule is O[C@H](CN(Cc1ccncc1)C1CC1)c1ccc(F)cc1. The highest BCUT2D eigenvalue weighted by molar-refractivity contribution is 5.19. The molecule has 1 aromatic carbocycles. The maximum Gasteiger partial charge on any atom is 0.123 e. The molecule has 4 heteroatoms. The third kappa shape index (κ3) is 3.86. The number of halogens is 1. The third-order valence-corrected chi connectivity index (χ3v) is 3.86. The summed E-state index contributed by atoms with van der Waals surface area (Å²) in [5.74, 6) is -0.276. The first kappa shape index (κ1) is 14.2. The topological polar surface area (TPSA) is 36.4 Å². The molecule has 1 N–H and O–H groups in total. The predicted octanol–water partition coefficient (Wildman–Crippen LogP) is 2.92. The lowest BCUT2D eigenvalue weighted by atomic mass is 10.1. The Morgan fingerprint density at radius 3 is 2.43 bits per heavy atom. The third-order valence-electron chi connectivity index (χ3n) is 3.86. The Balaban J connectivity index is 1.66. The molecule has 1 saturated carbocycles. The van der Waals surface area contributed by atoms with E-state index in [1.54, 1.807) is 24.5 Å². The van der Waals surface area contributed by atoms with Crippen LogP contribution in [-0.4, -0.2) is 27.6 Å². The summed E-state index contributed by atoms with van der Waals surface area (Å²) >= 11 is 0. The Morgan fingerprint density at radius 1 is 1.14 bits per heavy atom. The molecule has 3 nitrogen and oxygen atoms in total. The molecule has 0 unspecified atom stereocenters. The highest BCUT2D eigenvalue weighted by atomic mass is 19.1. The fourth-order valence-corrected chi connectivity index (χ4v) is 2.52. The quantitative estimate of drug-likeness (QED) is 0.887. The molecule has 0 bridgehead atoms. The number of aromatic nitrogens is 1. The maximum atomic E-state index is 12.9. The standard InChI is InChI=1S/C17H19FN2O/c18-15-3-1-14(2-4-15)17(21)12-20(16-5-6-16)11-13-7-9-19-10-8-13/h1-4,7-10,16-17,21H,5-6,11-12H2/t17-/m1/s1. The van der Waals surface area contributed by atoms with Crippen LogP contribution >= 0.6 is 0 Å². The van der Waals surface area contributed by atoms with Crippen molar-refractivity contribution in [2.75, 3.05) is 6.54 Å². The molecule has 1 heterocycles. The summed E-state index contributed by atoms with van der Waals surface area (Å²) in [5, 5.41) is 10.4. The molecule has 0 amide bonds. The number of rotatable bonds is 6. The van der Waals surface area contributed by atoms with Crippen LogP contribution in [0.3, 0.4) is 0 Å². The number of pyridine rings is 1. The lowest BCUT2D eigenvalue weighted by Gasteiger charge is -2.25. The van der Waals surface area contributed by atoms with Crippen molar-refractivity contribution < 1.29 is 9.50 Å². The Kier molecular flexibility index (Phi) is 4.27. The summed E-state index contributed by atoms with van der Waals surface area (Å²) in [4.78, 5) is 6.32. The van der Waals surface area contributed by atoms with Gasteiger partial charge in [-0.05, 0) is 48.2 Å². The van der Waals surface area contributed by atoms with Gasteiger partial charge in [-0.25, -0.2) is 4.39 Å². The molecule has 0 saturated heterocycles. The first-order valence-corrected chi connectivity index (χ1v) is 7.29. The van der Waals surface area contributed by atoms with E-state index in [9.17, 15) is 9.50 Å². The molecular formula is C17H19FN2O. The van der Waals surface area contributed by atoms with Crippen LogP contribution in [0.15, 0.2) is 48.8 Å². The molecule has 2 aromatic rings. The molecule has 1 aliphatic rings. The van der Waals surface area contributed by atoms with Gasteiger partial charge >= 0.3 is 0 Å². The van der Waals surface area contributed by atoms with Crippen molar-refractivity contribution in [2.45, 2.75) is 31.5 Å². The van der Waals surface area contributed by atoms with Crippen molar-refractivity contribution in [1.29, 1.82) is 0 Å². The summed E-state index contributed by atoms with van der Waals surface area (Å²) < 4.78 is 12.9. The van der Waals surface area contributed by atoms with Crippen molar-refractivity contribution in [3.05, 3.63) is 65.7 Å². The second kappa shape index (κ2) is 6.33. The average Bonchev–Trinajstić information content (AvgIpc) is 3.33. The van der Waals surface area contributed by atoms with E-state index in [1.165, 1.54) is 30.5 Å². The van der Waals surface area contributed by atoms with Gasteiger partial charge in [-0.3, -0.25) is 9.88 Å². The Hall–Kier alpha value is -1.78. The second-order valence-corrected chi connectivity index (χ2v) is 5.58. The molecule has 0 aliphatic heterocycles. The molecule has 1 aromatic heterocycles. The van der Waals surface area contributed by atoms with Crippen molar-refractivity contribution in [3.8, 4) is 0 Å². The largest absolute Gasteiger partial charge is 0.387 e. The highest BCUT2D eigenvalue weighted by Gasteiger charge is 2.30. The van der Waals surface area contributed by atoms with E-state index in [0.717, 1.165) is 12.1 Å². The monoisotopic (exact) mass is 286 g/mol. The Labute approximate surface area is 124 Å². The first-order chi connectivity index (χ1) is 10.2. The lowest BCUT2D eigenvalue weighted by molar-refractivity contribution is 0.104. The normalized spacial score (nSPS) is 16.1. The van der Waals surface area contributed by atoms with Crippen LogP contribution < -0.4 is 0 Å². The van der Waals surface area contributed by atoms with Crippen LogP contribution in [0.5, 0.6) is 0 Å². The second-order valence-electron chi connectivity index (χ2n) is 5.58. The summed E-state index contributed by atoms with van der Waals surface area (Å²) in [7, 11) is 0. The van der Waals surface area contributed by atoms with Gasteiger partial charge in [0.05, 0.1) is 6.10 Å². The van der Waals surface area contributed by atoms with Crippen molar-refractivity contribution >= 4 is 0 Å². The number of aliphatic hydroxyl groups excluding tert-OH is 1. The van der Waals surface area contributed by atoms with Gasteiger partial charge in [-0.2, -0.15) is 0 Å². The first-order valence-electron chi connectivity index (χ1n) is 7.29. The van der Waals surface area contributed by atoms with Gasteiger partial charge in [0.25, 0.3) is 0 Å². The summed E-state index contributed by atoms with van der Waals surface area (Å²) in [6.45, 7) is 1.38. The highest BCUT2D eigenvalue weighted by Crippen LogP contribution is 2.30. The zero-order valence-corrected chi connectivity index (χ0v) is 11.8. The number of nitrogens with zero attached hydrogens (tertiary/aromatic N) is 2. The fraction of sp³-hybridized carbons (Fsp3) is 0.353. The summed E-state index contributed by atoms with van der Waals surface area (Å²) in [6, 6.07) is 10.6. The summed E-state index contributed by atoms with van der Waals surface area (Å²) in [6.07, 6.45) is 5.35. The number of hydrogen-bond donors (Lipinski definition) is 1. The van der Waals surface area contributed by atoms with Crippen LogP contribution in [0.2, 0.25) is 0 Å². The van der Waals surface area contributed by atoms with Crippen molar-refractivity contribution in [1.82, 2.24) is 9.88 Å². The average molecular weight is 286 g/mol. The van der Waals surface area contributed by atoms with Crippen molar-refractivity contribution in [2.24, 2.45) is 0 Å². The molecule has 1 aliphatic carbocycles. The van der Waals surface area contributed by atoms with Gasteiger partial charge in [0.15, 0.2) is 0 Å². The van der Waals surface area contributed by atoms with E-state index in [2.05, 4.69) is 9.88 Å². The van der Waals surface area contributed by atoms with Gasteiger partial charge in [0.1, 0.15) is 5.82 Å². The van der Waals surface area contributed by atoms with Crippen LogP contribution in [0.4, 0.5) is 4.39 Å². The van der Waals surface area contributed by atoms with Crippen LogP contribution in [0.1, 0.15) is 30.1 Å². The molecule has 1 fully saturated rings. The van der Waals surface area contributed by atoms with Gasteiger partial charge in [0.2, 0.25) is 0 Å². The molecule has 0 radical (unpaired) electrons. The molecule has 21 heavy (non-hydrogen) atoms. The van der Waals surface area contributed by atoms with E-state index < -0.39 is 6.10 Å². The number of hydrogen-bond acceptors (Lipinski definition) is 3. The maximum absolute atomic E-state index is 12.9.